The molecule has 19 heavy (non-hydrogen) atoms. The van der Waals surface area contributed by atoms with E-state index < -0.39 is 24.0 Å². The number of hydrogen-bond acceptors (Lipinski definition) is 3. The Morgan fingerprint density at radius 2 is 2.05 bits per heavy atom. The predicted octanol–water partition coefficient (Wildman–Crippen LogP) is 2.36. The Kier molecular flexibility index (Phi) is 5.60. The van der Waals surface area contributed by atoms with Crippen LogP contribution < -0.4 is 5.32 Å². The van der Waals surface area contributed by atoms with Crippen molar-refractivity contribution in [3.05, 3.63) is 48.6 Å². The van der Waals surface area contributed by atoms with Gasteiger partial charge in [-0.25, -0.2) is 4.79 Å². The smallest absolute Gasteiger partial charge is 0.407 e. The molecule has 1 amide bonds. The number of alkyl carbamates (subject to hydrolysis) is 1. The fourth-order valence-corrected chi connectivity index (χ4v) is 1.60. The maximum absolute atomic E-state index is 11.5. The molecule has 2 N–H and O–H groups in total. The van der Waals surface area contributed by atoms with Crippen molar-refractivity contribution in [2.75, 3.05) is 6.61 Å². The summed E-state index contributed by atoms with van der Waals surface area (Å²) < 4.78 is 4.81. The number of carboxylic acids is 1. The molecule has 0 heterocycles. The van der Waals surface area contributed by atoms with Crippen molar-refractivity contribution in [2.45, 2.75) is 13.0 Å². The van der Waals surface area contributed by atoms with Crippen LogP contribution in [0.2, 0.25) is 0 Å². The first-order valence-electron chi connectivity index (χ1n) is 5.88. The highest BCUT2D eigenvalue weighted by Crippen LogP contribution is 2.22. The fraction of sp³-hybridized carbons (Fsp3) is 0.286. The molecule has 0 aliphatic carbocycles. The summed E-state index contributed by atoms with van der Waals surface area (Å²) in [5.41, 5.74) is 0.716. The standard InChI is InChI=1S/C14H17NO4/c1-3-9-19-14(18)15-12(10(2)13(16)17)11-7-5-4-6-8-11/h3-8,10,12H,1,9H2,2H3,(H,15,18)(H,16,17). The van der Waals surface area contributed by atoms with Crippen LogP contribution in [0.4, 0.5) is 4.79 Å². The summed E-state index contributed by atoms with van der Waals surface area (Å²) in [6, 6.07) is 8.27. The lowest BCUT2D eigenvalue weighted by Crippen LogP contribution is -2.36. The van der Waals surface area contributed by atoms with Crippen molar-refractivity contribution in [2.24, 2.45) is 5.92 Å². The summed E-state index contributed by atoms with van der Waals surface area (Å²) in [4.78, 5) is 22.6. The van der Waals surface area contributed by atoms with E-state index in [0.717, 1.165) is 0 Å². The summed E-state index contributed by atoms with van der Waals surface area (Å²) in [6.45, 7) is 5.05. The molecule has 0 aromatic heterocycles. The topological polar surface area (TPSA) is 75.6 Å². The Morgan fingerprint density at radius 3 is 2.58 bits per heavy atom. The number of ether oxygens (including phenoxy) is 1. The number of rotatable bonds is 6. The molecule has 0 radical (unpaired) electrons. The average Bonchev–Trinajstić information content (AvgIpc) is 2.42. The third-order valence-corrected chi connectivity index (χ3v) is 2.65. The van der Waals surface area contributed by atoms with Gasteiger partial charge in [0.15, 0.2) is 0 Å². The van der Waals surface area contributed by atoms with E-state index in [1.165, 1.54) is 13.0 Å². The number of aliphatic carboxylic acids is 1. The third-order valence-electron chi connectivity index (χ3n) is 2.65. The van der Waals surface area contributed by atoms with Gasteiger partial charge in [0, 0.05) is 0 Å². The first kappa shape index (κ1) is 14.8. The van der Waals surface area contributed by atoms with Crippen LogP contribution in [0, 0.1) is 5.92 Å². The highest BCUT2D eigenvalue weighted by atomic mass is 16.5. The molecule has 2 atom stereocenters. The molecule has 0 aliphatic rings. The molecule has 0 aliphatic heterocycles. The predicted molar refractivity (Wildman–Crippen MR) is 70.7 cm³/mol. The Morgan fingerprint density at radius 1 is 1.42 bits per heavy atom. The molecule has 0 spiro atoms. The Labute approximate surface area is 111 Å². The van der Waals surface area contributed by atoms with E-state index in [9.17, 15) is 9.59 Å². The van der Waals surface area contributed by atoms with Gasteiger partial charge >= 0.3 is 12.1 Å². The molecule has 5 nitrogen and oxygen atoms in total. The molecule has 5 heteroatoms. The zero-order valence-electron chi connectivity index (χ0n) is 10.7. The number of amides is 1. The molecule has 102 valence electrons. The molecule has 1 aromatic carbocycles. The number of carbonyl (C=O) groups is 2. The monoisotopic (exact) mass is 263 g/mol. The van der Waals surface area contributed by atoms with Crippen molar-refractivity contribution < 1.29 is 19.4 Å². The molecule has 0 saturated heterocycles. The fourth-order valence-electron chi connectivity index (χ4n) is 1.60. The third kappa shape index (κ3) is 4.46. The highest BCUT2D eigenvalue weighted by Gasteiger charge is 2.27. The maximum Gasteiger partial charge on any atom is 0.407 e. The van der Waals surface area contributed by atoms with Crippen molar-refractivity contribution in [3.8, 4) is 0 Å². The molecule has 2 unspecified atom stereocenters. The summed E-state index contributed by atoms with van der Waals surface area (Å²) in [5, 5.41) is 11.7. The van der Waals surface area contributed by atoms with E-state index in [1.807, 2.05) is 6.07 Å². The van der Waals surface area contributed by atoms with E-state index in [1.54, 1.807) is 24.3 Å². The van der Waals surface area contributed by atoms with Crippen LogP contribution in [0.1, 0.15) is 18.5 Å². The quantitative estimate of drug-likeness (QED) is 0.772. The maximum atomic E-state index is 11.5. The van der Waals surface area contributed by atoms with Gasteiger partial charge in [-0.2, -0.15) is 0 Å². The normalized spacial score (nSPS) is 13.1. The zero-order chi connectivity index (χ0) is 14.3. The first-order valence-corrected chi connectivity index (χ1v) is 5.88. The van der Waals surface area contributed by atoms with Gasteiger partial charge in [0.25, 0.3) is 0 Å². The van der Waals surface area contributed by atoms with Crippen LogP contribution in [0.25, 0.3) is 0 Å². The van der Waals surface area contributed by atoms with Crippen molar-refractivity contribution >= 4 is 12.1 Å². The SMILES string of the molecule is C=CCOC(=O)NC(c1ccccc1)C(C)C(=O)O. The van der Waals surface area contributed by atoms with Crippen LogP contribution >= 0.6 is 0 Å². The van der Waals surface area contributed by atoms with E-state index in [-0.39, 0.29) is 6.61 Å². The lowest BCUT2D eigenvalue weighted by atomic mass is 9.95. The van der Waals surface area contributed by atoms with Crippen molar-refractivity contribution in [1.29, 1.82) is 0 Å². The minimum atomic E-state index is -0.988. The highest BCUT2D eigenvalue weighted by molar-refractivity contribution is 5.73. The Hall–Kier alpha value is -2.30. The summed E-state index contributed by atoms with van der Waals surface area (Å²) in [7, 11) is 0. The van der Waals surface area contributed by atoms with Gasteiger partial charge in [-0.05, 0) is 12.5 Å². The van der Waals surface area contributed by atoms with Crippen molar-refractivity contribution in [1.82, 2.24) is 5.32 Å². The van der Waals surface area contributed by atoms with E-state index in [0.29, 0.717) is 5.56 Å². The van der Waals surface area contributed by atoms with Crippen LogP contribution in [-0.2, 0) is 9.53 Å². The second-order valence-electron chi connectivity index (χ2n) is 4.05. The summed E-state index contributed by atoms with van der Waals surface area (Å²) >= 11 is 0. The number of carboxylic acid groups (broad SMARTS) is 1. The van der Waals surface area contributed by atoms with Crippen molar-refractivity contribution in [3.63, 3.8) is 0 Å². The first-order chi connectivity index (χ1) is 9.06. The van der Waals surface area contributed by atoms with Crippen LogP contribution in [0.5, 0.6) is 0 Å². The Balaban J connectivity index is 2.84. The number of benzene rings is 1. The summed E-state index contributed by atoms with van der Waals surface area (Å²) in [5.74, 6) is -1.75. The van der Waals surface area contributed by atoms with Gasteiger partial charge in [-0.3, -0.25) is 4.79 Å². The van der Waals surface area contributed by atoms with Crippen LogP contribution in [0.15, 0.2) is 43.0 Å². The molecular formula is C14H17NO4. The molecule has 0 fully saturated rings. The van der Waals surface area contributed by atoms with Gasteiger partial charge in [0.1, 0.15) is 6.61 Å². The lowest BCUT2D eigenvalue weighted by Gasteiger charge is -2.22. The van der Waals surface area contributed by atoms with E-state index >= 15 is 0 Å². The Bertz CT molecular complexity index is 444. The molecule has 0 saturated carbocycles. The van der Waals surface area contributed by atoms with Crippen LogP contribution in [0.3, 0.4) is 0 Å². The van der Waals surface area contributed by atoms with Gasteiger partial charge in [-0.15, -0.1) is 0 Å². The minimum Gasteiger partial charge on any atom is -0.481 e. The molecule has 1 aromatic rings. The van der Waals surface area contributed by atoms with Crippen LogP contribution in [-0.4, -0.2) is 23.8 Å². The molecular weight excluding hydrogens is 246 g/mol. The average molecular weight is 263 g/mol. The van der Waals surface area contributed by atoms with Gasteiger partial charge in [-0.1, -0.05) is 43.0 Å². The zero-order valence-corrected chi connectivity index (χ0v) is 10.7. The number of hydrogen-bond donors (Lipinski definition) is 2. The number of nitrogens with one attached hydrogen (secondary N) is 1. The number of carbonyl (C=O) groups excluding carboxylic acids is 1. The largest absolute Gasteiger partial charge is 0.481 e. The van der Waals surface area contributed by atoms with Gasteiger partial charge in [0.05, 0.1) is 12.0 Å². The van der Waals surface area contributed by atoms with Gasteiger partial charge in [0.2, 0.25) is 0 Å². The second kappa shape index (κ2) is 7.20. The van der Waals surface area contributed by atoms with E-state index in [4.69, 9.17) is 9.84 Å². The lowest BCUT2D eigenvalue weighted by molar-refractivity contribution is -0.142. The summed E-state index contributed by atoms with van der Waals surface area (Å²) in [6.07, 6.45) is 0.777. The van der Waals surface area contributed by atoms with E-state index in [2.05, 4.69) is 11.9 Å². The molecule has 0 bridgehead atoms. The second-order valence-corrected chi connectivity index (χ2v) is 4.05. The minimum absolute atomic E-state index is 0.0782. The molecule has 1 rings (SSSR count). The van der Waals surface area contributed by atoms with Gasteiger partial charge < -0.3 is 15.2 Å².